The summed E-state index contributed by atoms with van der Waals surface area (Å²) in [4.78, 5) is 56.3. The molecule has 11 heteroatoms. The number of hydrogen-bond donors (Lipinski definition) is 3. The second-order valence-corrected chi connectivity index (χ2v) is 11.8. The molecule has 2 aliphatic heterocycles. The van der Waals surface area contributed by atoms with Crippen LogP contribution in [0.5, 0.6) is 0 Å². The largest absolute Gasteiger partial charge is 0.356 e. The maximum absolute atomic E-state index is 14.2. The number of unbranched alkanes of at least 4 members (excludes halogenated alkanes) is 1. The van der Waals surface area contributed by atoms with Gasteiger partial charge in [-0.1, -0.05) is 38.1 Å². The Kier molecular flexibility index (Phi) is 14.6. The number of halogens is 2. The number of amides is 4. The molecular formula is C31H49Cl2N5O4. The van der Waals surface area contributed by atoms with Gasteiger partial charge in [-0.3, -0.25) is 24.1 Å². The van der Waals surface area contributed by atoms with Gasteiger partial charge in [0.1, 0.15) is 12.1 Å². The summed E-state index contributed by atoms with van der Waals surface area (Å²) in [5, 5.41) is 9.11. The summed E-state index contributed by atoms with van der Waals surface area (Å²) in [5.74, 6) is -0.708. The predicted octanol–water partition coefficient (Wildman–Crippen LogP) is 3.54. The van der Waals surface area contributed by atoms with Crippen molar-refractivity contribution < 1.29 is 19.2 Å². The Morgan fingerprint density at radius 3 is 2.52 bits per heavy atom. The Labute approximate surface area is 263 Å². The van der Waals surface area contributed by atoms with Crippen LogP contribution >= 0.6 is 24.8 Å². The molecule has 0 unspecified atom stereocenters. The van der Waals surface area contributed by atoms with Gasteiger partial charge in [0.15, 0.2) is 0 Å². The summed E-state index contributed by atoms with van der Waals surface area (Å²) in [6.07, 6.45) is 7.54. The number of piperazine rings is 1. The van der Waals surface area contributed by atoms with Crippen molar-refractivity contribution >= 4 is 48.4 Å². The fraction of sp³-hybridized carbons (Fsp3) is 0.677. The zero-order valence-corrected chi connectivity index (χ0v) is 26.9. The number of benzene rings is 1. The smallest absolute Gasteiger partial charge is 0.245 e. The third kappa shape index (κ3) is 9.07. The SMILES string of the molecule is CC[C@@H](C)C(=O)N[C@@H](CCCCNC(C)=O)C(=O)N1C[C@H]2CCCN2C[C@H]1C(=O)N[C@@H]1CCCc2ccccc21.Cl.Cl. The van der Waals surface area contributed by atoms with Gasteiger partial charge >= 0.3 is 0 Å². The molecule has 0 saturated carbocycles. The average molecular weight is 627 g/mol. The Bertz CT molecular complexity index is 1070. The van der Waals surface area contributed by atoms with Gasteiger partial charge in [-0.05, 0) is 75.5 Å². The van der Waals surface area contributed by atoms with E-state index in [4.69, 9.17) is 0 Å². The van der Waals surface area contributed by atoms with Crippen molar-refractivity contribution in [1.29, 1.82) is 0 Å². The average Bonchev–Trinajstić information content (AvgIpc) is 3.42. The van der Waals surface area contributed by atoms with E-state index in [1.54, 1.807) is 4.90 Å². The van der Waals surface area contributed by atoms with Crippen LogP contribution in [0.2, 0.25) is 0 Å². The molecule has 1 aromatic carbocycles. The first kappa shape index (κ1) is 35.8. The first-order valence-electron chi connectivity index (χ1n) is 15.3. The molecule has 0 spiro atoms. The first-order chi connectivity index (χ1) is 19.3. The zero-order chi connectivity index (χ0) is 28.6. The minimum Gasteiger partial charge on any atom is -0.356 e. The van der Waals surface area contributed by atoms with Crippen LogP contribution in [0.4, 0.5) is 0 Å². The lowest BCUT2D eigenvalue weighted by atomic mass is 9.87. The Morgan fingerprint density at radius 2 is 1.79 bits per heavy atom. The van der Waals surface area contributed by atoms with Gasteiger partial charge < -0.3 is 20.9 Å². The van der Waals surface area contributed by atoms with Crippen molar-refractivity contribution in [2.24, 2.45) is 5.92 Å². The molecule has 4 rings (SSSR count). The Hall–Kier alpha value is -2.36. The lowest BCUT2D eigenvalue weighted by Gasteiger charge is -2.44. The van der Waals surface area contributed by atoms with Gasteiger partial charge in [0.25, 0.3) is 0 Å². The lowest BCUT2D eigenvalue weighted by molar-refractivity contribution is -0.148. The highest BCUT2D eigenvalue weighted by molar-refractivity contribution is 5.93. The number of carbonyl (C=O) groups excluding carboxylic acids is 4. The summed E-state index contributed by atoms with van der Waals surface area (Å²) >= 11 is 0. The van der Waals surface area contributed by atoms with Gasteiger partial charge in [0.2, 0.25) is 23.6 Å². The summed E-state index contributed by atoms with van der Waals surface area (Å²) in [6, 6.07) is 7.19. The molecule has 2 fully saturated rings. The van der Waals surface area contributed by atoms with E-state index in [1.807, 2.05) is 26.0 Å². The molecule has 236 valence electrons. The molecule has 0 radical (unpaired) electrons. The maximum Gasteiger partial charge on any atom is 0.245 e. The van der Waals surface area contributed by atoms with Gasteiger partial charge in [-0.15, -0.1) is 24.8 Å². The molecule has 1 aliphatic carbocycles. The van der Waals surface area contributed by atoms with Gasteiger partial charge in [-0.25, -0.2) is 0 Å². The highest BCUT2D eigenvalue weighted by Crippen LogP contribution is 2.31. The summed E-state index contributed by atoms with van der Waals surface area (Å²) < 4.78 is 0. The fourth-order valence-electron chi connectivity index (χ4n) is 6.35. The molecule has 3 N–H and O–H groups in total. The van der Waals surface area contributed by atoms with E-state index in [2.05, 4.69) is 33.0 Å². The molecule has 1 aromatic rings. The summed E-state index contributed by atoms with van der Waals surface area (Å²) in [7, 11) is 0. The molecular weight excluding hydrogens is 577 g/mol. The quantitative estimate of drug-likeness (QED) is 0.326. The molecule has 0 bridgehead atoms. The van der Waals surface area contributed by atoms with E-state index >= 15 is 0 Å². The number of rotatable bonds is 11. The highest BCUT2D eigenvalue weighted by Gasteiger charge is 2.44. The van der Waals surface area contributed by atoms with E-state index in [0.29, 0.717) is 45.3 Å². The van der Waals surface area contributed by atoms with Crippen molar-refractivity contribution in [2.75, 3.05) is 26.2 Å². The van der Waals surface area contributed by atoms with Crippen LogP contribution in [-0.2, 0) is 25.6 Å². The van der Waals surface area contributed by atoms with Crippen LogP contribution in [0.25, 0.3) is 0 Å². The van der Waals surface area contributed by atoms with Crippen LogP contribution in [0.15, 0.2) is 24.3 Å². The number of fused-ring (bicyclic) bond motifs is 2. The molecule has 42 heavy (non-hydrogen) atoms. The van der Waals surface area contributed by atoms with Gasteiger partial charge in [0.05, 0.1) is 6.04 Å². The monoisotopic (exact) mass is 625 g/mol. The van der Waals surface area contributed by atoms with Crippen molar-refractivity contribution in [2.45, 2.75) is 103 Å². The van der Waals surface area contributed by atoms with Crippen LogP contribution in [-0.4, -0.2) is 77.7 Å². The highest BCUT2D eigenvalue weighted by atomic mass is 35.5. The predicted molar refractivity (Wildman–Crippen MR) is 169 cm³/mol. The van der Waals surface area contributed by atoms with E-state index in [-0.39, 0.29) is 66.4 Å². The number of nitrogens with zero attached hydrogens (tertiary/aromatic N) is 2. The van der Waals surface area contributed by atoms with Crippen molar-refractivity contribution in [3.8, 4) is 0 Å². The normalized spacial score (nSPS) is 22.7. The second kappa shape index (κ2) is 17.1. The van der Waals surface area contributed by atoms with E-state index in [1.165, 1.54) is 18.1 Å². The third-order valence-electron chi connectivity index (χ3n) is 8.93. The van der Waals surface area contributed by atoms with Crippen molar-refractivity contribution in [1.82, 2.24) is 25.8 Å². The maximum atomic E-state index is 14.2. The molecule has 5 atom stereocenters. The minimum absolute atomic E-state index is 0. The van der Waals surface area contributed by atoms with Crippen LogP contribution < -0.4 is 16.0 Å². The van der Waals surface area contributed by atoms with Crippen molar-refractivity contribution in [3.63, 3.8) is 0 Å². The number of aryl methyl sites for hydroxylation is 1. The number of hydrogen-bond acceptors (Lipinski definition) is 5. The minimum atomic E-state index is -0.697. The van der Waals surface area contributed by atoms with E-state index in [0.717, 1.165) is 38.6 Å². The molecule has 2 saturated heterocycles. The molecule has 4 amide bonds. The van der Waals surface area contributed by atoms with E-state index < -0.39 is 12.1 Å². The zero-order valence-electron chi connectivity index (χ0n) is 25.2. The molecule has 3 aliphatic rings. The molecule has 2 heterocycles. The third-order valence-corrected chi connectivity index (χ3v) is 8.93. The first-order valence-corrected chi connectivity index (χ1v) is 15.3. The lowest BCUT2D eigenvalue weighted by Crippen LogP contribution is -2.65. The Morgan fingerprint density at radius 1 is 1.02 bits per heavy atom. The standard InChI is InChI=1S/C31H47N5O4.2ClH/c1-4-21(2)29(38)34-27(15-7-8-17-32-22(3)37)31(40)36-19-24-13-10-18-35(24)20-28(36)30(39)33-26-16-9-12-23-11-5-6-14-25(23)26;;/h5-6,11,14,21,24,26-28H,4,7-10,12-13,15-20H2,1-3H3,(H,32,37)(H,33,39)(H,34,38);2*1H/t21-,24-,26-,27+,28+;;/m1../s1. The topological polar surface area (TPSA) is 111 Å². The number of nitrogens with one attached hydrogen (secondary N) is 3. The van der Waals surface area contributed by atoms with Gasteiger partial charge in [-0.2, -0.15) is 0 Å². The number of carbonyl (C=O) groups is 4. The van der Waals surface area contributed by atoms with Gasteiger partial charge in [0, 0.05) is 38.5 Å². The van der Waals surface area contributed by atoms with Crippen LogP contribution in [0.1, 0.15) is 89.3 Å². The Balaban J connectivity index is 0.00000308. The second-order valence-electron chi connectivity index (χ2n) is 11.8. The summed E-state index contributed by atoms with van der Waals surface area (Å²) in [5.41, 5.74) is 2.45. The van der Waals surface area contributed by atoms with Crippen LogP contribution in [0, 0.1) is 5.92 Å². The van der Waals surface area contributed by atoms with Crippen molar-refractivity contribution in [3.05, 3.63) is 35.4 Å². The van der Waals surface area contributed by atoms with E-state index in [9.17, 15) is 19.2 Å². The molecule has 9 nitrogen and oxygen atoms in total. The fourth-order valence-corrected chi connectivity index (χ4v) is 6.35. The van der Waals surface area contributed by atoms with Crippen LogP contribution in [0.3, 0.4) is 0 Å². The molecule has 0 aromatic heterocycles. The summed E-state index contributed by atoms with van der Waals surface area (Å²) in [6.45, 7) is 7.80.